The Morgan fingerprint density at radius 3 is 2.46 bits per heavy atom. The number of aliphatic hydroxyl groups is 1. The predicted molar refractivity (Wildman–Crippen MR) is 89.5 cm³/mol. The van der Waals surface area contributed by atoms with E-state index in [4.69, 9.17) is 0 Å². The molecule has 7 nitrogen and oxygen atoms in total. The number of carbonyl (C=O) groups is 1. The Hall–Kier alpha value is -1.44. The molecule has 13 heteroatoms. The molecule has 0 amide bonds. The van der Waals surface area contributed by atoms with Crippen LogP contribution in [0.1, 0.15) is 24.5 Å². The minimum atomic E-state index is -6.11. The number of aromatic nitrogens is 1. The number of rotatable bonds is 5. The van der Waals surface area contributed by atoms with Crippen LogP contribution in [0.5, 0.6) is 5.75 Å². The van der Waals surface area contributed by atoms with Crippen molar-refractivity contribution in [1.29, 1.82) is 0 Å². The van der Waals surface area contributed by atoms with Crippen LogP contribution in [0.2, 0.25) is 0 Å². The highest BCUT2D eigenvalue weighted by molar-refractivity contribution is 9.11. The third-order valence-electron chi connectivity index (χ3n) is 3.56. The molecule has 0 saturated carbocycles. The van der Waals surface area contributed by atoms with E-state index < -0.39 is 44.9 Å². The minimum Gasteiger partial charge on any atom is -0.479 e. The fourth-order valence-corrected chi connectivity index (χ4v) is 4.29. The fourth-order valence-electron chi connectivity index (χ4n) is 2.32. The van der Waals surface area contributed by atoms with Gasteiger partial charge in [-0.2, -0.15) is 21.6 Å². The van der Waals surface area contributed by atoms with Crippen molar-refractivity contribution in [3.05, 3.63) is 21.1 Å². The highest BCUT2D eigenvalue weighted by atomic mass is 79.9. The minimum absolute atomic E-state index is 0.00873. The summed E-state index contributed by atoms with van der Waals surface area (Å²) in [7, 11) is -6.11. The van der Waals surface area contributed by atoms with Gasteiger partial charge in [0.25, 0.3) is 0 Å². The lowest BCUT2D eigenvalue weighted by Crippen LogP contribution is -2.37. The number of halogens is 4. The maximum Gasteiger partial charge on any atom is 0.534 e. The summed E-state index contributed by atoms with van der Waals surface area (Å²) >= 11 is 3.76. The van der Waals surface area contributed by atoms with Crippen LogP contribution in [0.3, 0.4) is 0 Å². The number of thiazole rings is 1. The molecule has 0 aliphatic carbocycles. The summed E-state index contributed by atoms with van der Waals surface area (Å²) in [5.74, 6) is -2.67. The molecule has 0 aliphatic rings. The van der Waals surface area contributed by atoms with Gasteiger partial charge in [0.05, 0.1) is 10.2 Å². The highest BCUT2D eigenvalue weighted by Crippen LogP contribution is 2.45. The molecule has 144 valence electrons. The maximum atomic E-state index is 12.8. The Morgan fingerprint density at radius 1 is 1.42 bits per heavy atom. The average molecular weight is 478 g/mol. The SMILES string of the molecule is CC[C@@](O)(C(=O)O)c1c(C)cc2nc(Br)sc2c1OS(=O)(=O)C(F)(F)F. The van der Waals surface area contributed by atoms with Crippen LogP contribution >= 0.6 is 27.3 Å². The lowest BCUT2D eigenvalue weighted by molar-refractivity contribution is -0.160. The van der Waals surface area contributed by atoms with Crippen molar-refractivity contribution in [2.45, 2.75) is 31.4 Å². The lowest BCUT2D eigenvalue weighted by Gasteiger charge is -2.26. The number of benzene rings is 1. The van der Waals surface area contributed by atoms with E-state index in [1.54, 1.807) is 0 Å². The van der Waals surface area contributed by atoms with Gasteiger partial charge in [0.15, 0.2) is 15.3 Å². The van der Waals surface area contributed by atoms with Gasteiger partial charge in [0.1, 0.15) is 0 Å². The largest absolute Gasteiger partial charge is 0.534 e. The van der Waals surface area contributed by atoms with Gasteiger partial charge >= 0.3 is 21.6 Å². The lowest BCUT2D eigenvalue weighted by atomic mass is 9.87. The monoisotopic (exact) mass is 477 g/mol. The number of aryl methyl sites for hydroxylation is 1. The van der Waals surface area contributed by atoms with E-state index in [0.717, 1.165) is 11.3 Å². The maximum absolute atomic E-state index is 12.8. The molecule has 0 bridgehead atoms. The number of carboxylic acids is 1. The normalized spacial score (nSPS) is 15.0. The Balaban J connectivity index is 2.93. The van der Waals surface area contributed by atoms with Crippen molar-refractivity contribution < 1.29 is 40.8 Å². The van der Waals surface area contributed by atoms with Crippen LogP contribution in [0.4, 0.5) is 13.2 Å². The van der Waals surface area contributed by atoms with Crippen LogP contribution in [0, 0.1) is 6.92 Å². The van der Waals surface area contributed by atoms with E-state index in [-0.39, 0.29) is 19.7 Å². The number of hydrogen-bond donors (Lipinski definition) is 2. The van der Waals surface area contributed by atoms with Crippen LogP contribution in [0.15, 0.2) is 9.98 Å². The molecule has 26 heavy (non-hydrogen) atoms. The molecule has 0 saturated heterocycles. The van der Waals surface area contributed by atoms with Crippen LogP contribution in [0.25, 0.3) is 10.2 Å². The van der Waals surface area contributed by atoms with E-state index in [1.807, 2.05) is 0 Å². The van der Waals surface area contributed by atoms with E-state index in [0.29, 0.717) is 0 Å². The Kier molecular flexibility index (Phi) is 5.31. The van der Waals surface area contributed by atoms with Crippen LogP contribution < -0.4 is 4.18 Å². The van der Waals surface area contributed by atoms with Crippen molar-refractivity contribution >= 4 is 53.6 Å². The first-order chi connectivity index (χ1) is 11.7. The van der Waals surface area contributed by atoms with Gasteiger partial charge in [0, 0.05) is 5.56 Å². The second-order valence-corrected chi connectivity index (χ2v) is 9.03. The molecular formula is C13H11BrF3NO6S2. The zero-order valence-electron chi connectivity index (χ0n) is 13.1. The van der Waals surface area contributed by atoms with Crippen molar-refractivity contribution in [2.75, 3.05) is 0 Å². The van der Waals surface area contributed by atoms with E-state index in [9.17, 15) is 36.6 Å². The van der Waals surface area contributed by atoms with E-state index >= 15 is 0 Å². The second-order valence-electron chi connectivity index (χ2n) is 5.21. The Bertz CT molecular complexity index is 988. The highest BCUT2D eigenvalue weighted by Gasteiger charge is 2.50. The number of aliphatic carboxylic acids is 1. The van der Waals surface area contributed by atoms with Crippen molar-refractivity contribution in [2.24, 2.45) is 0 Å². The number of fused-ring (bicyclic) bond motifs is 1. The summed E-state index contributed by atoms with van der Waals surface area (Å²) in [6.07, 6.45) is -0.447. The topological polar surface area (TPSA) is 114 Å². The van der Waals surface area contributed by atoms with Gasteiger partial charge in [-0.3, -0.25) is 0 Å². The van der Waals surface area contributed by atoms with Crippen molar-refractivity contribution in [3.8, 4) is 5.75 Å². The fraction of sp³-hybridized carbons (Fsp3) is 0.385. The quantitative estimate of drug-likeness (QED) is 0.501. The molecule has 1 heterocycles. The van der Waals surface area contributed by atoms with Crippen molar-refractivity contribution in [3.63, 3.8) is 0 Å². The van der Waals surface area contributed by atoms with Gasteiger partial charge in [-0.25, -0.2) is 9.78 Å². The Labute approximate surface area is 157 Å². The van der Waals surface area contributed by atoms with Crippen LogP contribution in [-0.2, 0) is 20.5 Å². The average Bonchev–Trinajstić information content (AvgIpc) is 2.85. The van der Waals surface area contributed by atoms with Gasteiger partial charge < -0.3 is 14.4 Å². The molecule has 0 radical (unpaired) electrons. The van der Waals surface area contributed by atoms with Gasteiger partial charge in [0.2, 0.25) is 0 Å². The third kappa shape index (κ3) is 3.40. The zero-order valence-corrected chi connectivity index (χ0v) is 16.3. The molecule has 2 N–H and O–H groups in total. The third-order valence-corrected chi connectivity index (χ3v) is 6.04. The Morgan fingerprint density at radius 2 is 2.00 bits per heavy atom. The van der Waals surface area contributed by atoms with Gasteiger partial charge in [-0.05, 0) is 40.9 Å². The summed E-state index contributed by atoms with van der Waals surface area (Å²) in [6, 6.07) is 1.32. The van der Waals surface area contributed by atoms with E-state index in [2.05, 4.69) is 25.1 Å². The summed E-state index contributed by atoms with van der Waals surface area (Å²) < 4.78 is 65.7. The number of hydrogen-bond acceptors (Lipinski definition) is 7. The molecule has 1 atom stereocenters. The summed E-state index contributed by atoms with van der Waals surface area (Å²) in [4.78, 5) is 15.5. The number of alkyl halides is 3. The second kappa shape index (κ2) is 6.62. The first-order valence-electron chi connectivity index (χ1n) is 6.81. The smallest absolute Gasteiger partial charge is 0.479 e. The molecule has 0 aliphatic heterocycles. The molecule has 0 spiro atoms. The van der Waals surface area contributed by atoms with Gasteiger partial charge in [-0.1, -0.05) is 6.92 Å². The predicted octanol–water partition coefficient (Wildman–Crippen LogP) is 3.28. The number of nitrogens with zero attached hydrogens (tertiary/aromatic N) is 1. The molecule has 2 rings (SSSR count). The van der Waals surface area contributed by atoms with E-state index in [1.165, 1.54) is 19.9 Å². The molecule has 1 aromatic carbocycles. The summed E-state index contributed by atoms with van der Waals surface area (Å²) in [5, 5.41) is 19.9. The van der Waals surface area contributed by atoms with Crippen molar-refractivity contribution in [1.82, 2.24) is 4.98 Å². The molecular weight excluding hydrogens is 467 g/mol. The molecule has 0 fully saturated rings. The van der Waals surface area contributed by atoms with Gasteiger partial charge in [-0.15, -0.1) is 11.3 Å². The number of carboxylic acid groups (broad SMARTS) is 1. The summed E-state index contributed by atoms with van der Waals surface area (Å²) in [5.41, 5.74) is -8.89. The summed E-state index contributed by atoms with van der Waals surface area (Å²) in [6.45, 7) is 2.58. The zero-order chi connectivity index (χ0) is 20.1. The molecule has 2 aromatic rings. The molecule has 0 unspecified atom stereocenters. The standard InChI is InChI=1S/C13H11BrF3NO6S2/c1-3-12(21,10(19)20)7-5(2)4-6-9(25-11(14)18-6)8(7)24-26(22,23)13(15,16)17/h4,21H,3H2,1-2H3,(H,19,20)/t12-/m0/s1. The molecule has 1 aromatic heterocycles. The van der Waals surface area contributed by atoms with Crippen LogP contribution in [-0.4, -0.2) is 35.1 Å². The first-order valence-corrected chi connectivity index (χ1v) is 9.83. The first kappa shape index (κ1) is 20.9.